The SMILES string of the molecule is CN(C)C=C1C=C(c2ccc(Br)cc2)OC1=O. The molecule has 1 aromatic rings. The second-order valence-corrected chi connectivity index (χ2v) is 4.87. The molecule has 3 nitrogen and oxygen atoms in total. The Bertz CT molecular complexity index is 501. The summed E-state index contributed by atoms with van der Waals surface area (Å²) >= 11 is 3.37. The molecule has 4 heteroatoms. The molecule has 0 aromatic heterocycles. The van der Waals surface area contributed by atoms with Crippen LogP contribution < -0.4 is 0 Å². The highest BCUT2D eigenvalue weighted by atomic mass is 79.9. The molecule has 88 valence electrons. The first-order chi connectivity index (χ1) is 8.06. The van der Waals surface area contributed by atoms with Crippen molar-refractivity contribution in [3.63, 3.8) is 0 Å². The van der Waals surface area contributed by atoms with E-state index in [-0.39, 0.29) is 5.97 Å². The maximum absolute atomic E-state index is 11.6. The minimum atomic E-state index is -0.309. The van der Waals surface area contributed by atoms with Crippen molar-refractivity contribution < 1.29 is 9.53 Å². The molecule has 0 saturated heterocycles. The summed E-state index contributed by atoms with van der Waals surface area (Å²) < 4.78 is 6.21. The highest BCUT2D eigenvalue weighted by molar-refractivity contribution is 9.10. The van der Waals surface area contributed by atoms with Gasteiger partial charge in [0.15, 0.2) is 0 Å². The highest BCUT2D eigenvalue weighted by Crippen LogP contribution is 2.27. The summed E-state index contributed by atoms with van der Waals surface area (Å²) in [5, 5.41) is 0. The molecule has 1 aromatic carbocycles. The van der Waals surface area contributed by atoms with Crippen molar-refractivity contribution in [2.24, 2.45) is 0 Å². The molecule has 0 fully saturated rings. The molecular weight excluding hydrogens is 282 g/mol. The molecule has 1 heterocycles. The molecule has 0 radical (unpaired) electrons. The molecule has 2 rings (SSSR count). The van der Waals surface area contributed by atoms with Crippen LogP contribution >= 0.6 is 15.9 Å². The zero-order chi connectivity index (χ0) is 12.4. The van der Waals surface area contributed by atoms with E-state index in [0.29, 0.717) is 11.3 Å². The second kappa shape index (κ2) is 4.75. The fraction of sp³-hybridized carbons (Fsp3) is 0.154. The second-order valence-electron chi connectivity index (χ2n) is 3.95. The lowest BCUT2D eigenvalue weighted by Gasteiger charge is -2.03. The molecule has 0 atom stereocenters. The Balaban J connectivity index is 2.30. The third-order valence-corrected chi connectivity index (χ3v) is 2.78. The first kappa shape index (κ1) is 11.9. The number of rotatable bonds is 2. The van der Waals surface area contributed by atoms with E-state index < -0.39 is 0 Å². The number of nitrogens with zero attached hydrogens (tertiary/aromatic N) is 1. The standard InChI is InChI=1S/C13H12BrNO2/c1-15(2)8-10-7-12(17-13(10)16)9-3-5-11(14)6-4-9/h3-8H,1-2H3. The van der Waals surface area contributed by atoms with Gasteiger partial charge in [0, 0.05) is 30.3 Å². The van der Waals surface area contributed by atoms with Gasteiger partial charge in [-0.3, -0.25) is 0 Å². The van der Waals surface area contributed by atoms with Gasteiger partial charge in [0.1, 0.15) is 5.76 Å². The summed E-state index contributed by atoms with van der Waals surface area (Å²) in [5.74, 6) is 0.284. The number of esters is 1. The summed E-state index contributed by atoms with van der Waals surface area (Å²) in [4.78, 5) is 13.4. The first-order valence-corrected chi connectivity index (χ1v) is 5.93. The van der Waals surface area contributed by atoms with Crippen molar-refractivity contribution in [3.8, 4) is 0 Å². The Morgan fingerprint density at radius 2 is 1.88 bits per heavy atom. The van der Waals surface area contributed by atoms with Crippen LogP contribution in [0.5, 0.6) is 0 Å². The van der Waals surface area contributed by atoms with E-state index in [1.165, 1.54) is 0 Å². The van der Waals surface area contributed by atoms with Crippen molar-refractivity contribution in [1.29, 1.82) is 0 Å². The topological polar surface area (TPSA) is 29.5 Å². The third kappa shape index (κ3) is 2.77. The molecule has 0 unspecified atom stereocenters. The van der Waals surface area contributed by atoms with Gasteiger partial charge in [-0.15, -0.1) is 0 Å². The Hall–Kier alpha value is -1.55. The van der Waals surface area contributed by atoms with Gasteiger partial charge in [0.05, 0.1) is 5.57 Å². The summed E-state index contributed by atoms with van der Waals surface area (Å²) in [5.41, 5.74) is 1.46. The van der Waals surface area contributed by atoms with Crippen LogP contribution in [0, 0.1) is 0 Å². The smallest absolute Gasteiger partial charge is 0.345 e. The van der Waals surface area contributed by atoms with Crippen LogP contribution in [0.4, 0.5) is 0 Å². The Morgan fingerprint density at radius 1 is 1.24 bits per heavy atom. The van der Waals surface area contributed by atoms with E-state index in [0.717, 1.165) is 10.0 Å². The van der Waals surface area contributed by atoms with E-state index in [4.69, 9.17) is 4.74 Å². The minimum Gasteiger partial charge on any atom is -0.422 e. The predicted molar refractivity (Wildman–Crippen MR) is 70.0 cm³/mol. The molecule has 1 aliphatic rings. The highest BCUT2D eigenvalue weighted by Gasteiger charge is 2.21. The van der Waals surface area contributed by atoms with Gasteiger partial charge in [-0.05, 0) is 18.2 Å². The quantitative estimate of drug-likeness (QED) is 0.620. The maximum atomic E-state index is 11.6. The van der Waals surface area contributed by atoms with Gasteiger partial charge in [-0.25, -0.2) is 4.79 Å². The lowest BCUT2D eigenvalue weighted by atomic mass is 10.1. The average Bonchev–Trinajstić information content (AvgIpc) is 2.60. The number of carbonyl (C=O) groups is 1. The number of hydrogen-bond donors (Lipinski definition) is 0. The summed E-state index contributed by atoms with van der Waals surface area (Å²) in [7, 11) is 3.73. The largest absolute Gasteiger partial charge is 0.422 e. The van der Waals surface area contributed by atoms with Crippen LogP contribution in [0.25, 0.3) is 5.76 Å². The first-order valence-electron chi connectivity index (χ1n) is 5.14. The lowest BCUT2D eigenvalue weighted by molar-refractivity contribution is -0.131. The Kier molecular flexibility index (Phi) is 3.33. The summed E-state index contributed by atoms with van der Waals surface area (Å²) in [6.07, 6.45) is 3.50. The summed E-state index contributed by atoms with van der Waals surface area (Å²) in [6, 6.07) is 7.64. The summed E-state index contributed by atoms with van der Waals surface area (Å²) in [6.45, 7) is 0. The minimum absolute atomic E-state index is 0.309. The van der Waals surface area contributed by atoms with Gasteiger partial charge >= 0.3 is 5.97 Å². The molecule has 1 aliphatic heterocycles. The van der Waals surface area contributed by atoms with E-state index >= 15 is 0 Å². The monoisotopic (exact) mass is 293 g/mol. The van der Waals surface area contributed by atoms with E-state index in [1.54, 1.807) is 12.3 Å². The van der Waals surface area contributed by atoms with Crippen LogP contribution in [-0.2, 0) is 9.53 Å². The van der Waals surface area contributed by atoms with Crippen LogP contribution in [0.3, 0.4) is 0 Å². The van der Waals surface area contributed by atoms with Gasteiger partial charge < -0.3 is 9.64 Å². The van der Waals surface area contributed by atoms with Gasteiger partial charge in [-0.1, -0.05) is 28.1 Å². The number of cyclic esters (lactones) is 1. The normalized spacial score (nSPS) is 17.0. The molecule has 0 bridgehead atoms. The zero-order valence-corrected chi connectivity index (χ0v) is 11.2. The number of halogens is 1. The molecule has 0 saturated carbocycles. The van der Waals surface area contributed by atoms with Crippen molar-refractivity contribution in [2.45, 2.75) is 0 Å². The Labute approximate surface area is 109 Å². The average molecular weight is 294 g/mol. The zero-order valence-electron chi connectivity index (χ0n) is 9.61. The maximum Gasteiger partial charge on any atom is 0.345 e. The Morgan fingerprint density at radius 3 is 2.47 bits per heavy atom. The van der Waals surface area contributed by atoms with Crippen molar-refractivity contribution in [2.75, 3.05) is 14.1 Å². The van der Waals surface area contributed by atoms with Gasteiger partial charge in [-0.2, -0.15) is 0 Å². The molecule has 0 aliphatic carbocycles. The molecular formula is C13H12BrNO2. The van der Waals surface area contributed by atoms with Crippen LogP contribution in [0.1, 0.15) is 5.56 Å². The number of ether oxygens (including phenoxy) is 1. The van der Waals surface area contributed by atoms with Crippen LogP contribution in [-0.4, -0.2) is 25.0 Å². The van der Waals surface area contributed by atoms with E-state index in [1.807, 2.05) is 43.3 Å². The molecule has 0 amide bonds. The fourth-order valence-electron chi connectivity index (χ4n) is 1.51. The predicted octanol–water partition coefficient (Wildman–Crippen LogP) is 2.79. The van der Waals surface area contributed by atoms with Gasteiger partial charge in [0.2, 0.25) is 0 Å². The number of carbonyl (C=O) groups excluding carboxylic acids is 1. The number of benzene rings is 1. The van der Waals surface area contributed by atoms with E-state index in [9.17, 15) is 4.79 Å². The molecule has 17 heavy (non-hydrogen) atoms. The van der Waals surface area contributed by atoms with Crippen molar-refractivity contribution in [3.05, 3.63) is 52.2 Å². The number of hydrogen-bond acceptors (Lipinski definition) is 3. The molecule has 0 spiro atoms. The van der Waals surface area contributed by atoms with Crippen molar-refractivity contribution in [1.82, 2.24) is 4.90 Å². The third-order valence-electron chi connectivity index (χ3n) is 2.25. The van der Waals surface area contributed by atoms with E-state index in [2.05, 4.69) is 15.9 Å². The van der Waals surface area contributed by atoms with Gasteiger partial charge in [0.25, 0.3) is 0 Å². The van der Waals surface area contributed by atoms with Crippen LogP contribution in [0.15, 0.2) is 46.6 Å². The lowest BCUT2D eigenvalue weighted by Crippen LogP contribution is -2.06. The fourth-order valence-corrected chi connectivity index (χ4v) is 1.78. The van der Waals surface area contributed by atoms with Crippen molar-refractivity contribution >= 4 is 27.7 Å². The van der Waals surface area contributed by atoms with Crippen LogP contribution in [0.2, 0.25) is 0 Å². The molecule has 0 N–H and O–H groups in total.